The van der Waals surface area contributed by atoms with Crippen molar-refractivity contribution in [3.8, 4) is 0 Å². The molecule has 0 aromatic carbocycles. The van der Waals surface area contributed by atoms with Crippen LogP contribution in [0.15, 0.2) is 0 Å². The third-order valence-electron chi connectivity index (χ3n) is 2.78. The average Bonchev–Trinajstić information content (AvgIpc) is 2.23. The van der Waals surface area contributed by atoms with Gasteiger partial charge in [-0.25, -0.2) is 9.18 Å². The SMILES string of the molecule is CC(C)(O)CO[C@@H]1CCN(C(=O)OC(C)(C)C)C[C@@H]1F. The first-order chi connectivity index (χ1) is 8.98. The number of nitrogens with zero attached hydrogens (tertiary/aromatic N) is 1. The molecule has 6 heteroatoms. The molecule has 20 heavy (non-hydrogen) atoms. The van der Waals surface area contributed by atoms with Gasteiger partial charge in [0.25, 0.3) is 0 Å². The second-order valence-corrected chi connectivity index (χ2v) is 6.89. The zero-order valence-electron chi connectivity index (χ0n) is 13.0. The first-order valence-corrected chi connectivity index (χ1v) is 6.94. The highest BCUT2D eigenvalue weighted by Crippen LogP contribution is 2.21. The Morgan fingerprint density at radius 2 is 1.95 bits per heavy atom. The standard InChI is InChI=1S/C14H26FNO4/c1-13(2,3)20-12(17)16-7-6-11(10(15)8-16)19-9-14(4,5)18/h10-11,18H,6-9H2,1-5H3/t10-,11+/m0/s1. The molecule has 1 fully saturated rings. The van der Waals surface area contributed by atoms with E-state index >= 15 is 0 Å². The minimum absolute atomic E-state index is 0.0363. The van der Waals surface area contributed by atoms with Crippen LogP contribution in [0.1, 0.15) is 41.0 Å². The summed E-state index contributed by atoms with van der Waals surface area (Å²) in [6, 6.07) is 0. The normalized spacial score (nSPS) is 24.6. The molecular formula is C14H26FNO4. The number of carbonyl (C=O) groups excluding carboxylic acids is 1. The predicted molar refractivity (Wildman–Crippen MR) is 73.4 cm³/mol. The molecule has 1 rings (SSSR count). The molecule has 1 heterocycles. The van der Waals surface area contributed by atoms with Crippen molar-refractivity contribution in [2.75, 3.05) is 19.7 Å². The van der Waals surface area contributed by atoms with Crippen LogP contribution < -0.4 is 0 Å². The molecular weight excluding hydrogens is 265 g/mol. The largest absolute Gasteiger partial charge is 0.444 e. The quantitative estimate of drug-likeness (QED) is 0.865. The van der Waals surface area contributed by atoms with E-state index in [4.69, 9.17) is 9.47 Å². The Bertz CT molecular complexity index is 335. The monoisotopic (exact) mass is 291 g/mol. The van der Waals surface area contributed by atoms with Gasteiger partial charge in [-0.2, -0.15) is 0 Å². The summed E-state index contributed by atoms with van der Waals surface area (Å²) in [4.78, 5) is 13.2. The number of halogens is 1. The minimum Gasteiger partial charge on any atom is -0.444 e. The maximum atomic E-state index is 14.0. The Hall–Kier alpha value is -0.880. The maximum absolute atomic E-state index is 14.0. The Morgan fingerprint density at radius 1 is 1.35 bits per heavy atom. The van der Waals surface area contributed by atoms with Crippen molar-refractivity contribution in [1.82, 2.24) is 4.90 Å². The number of aliphatic hydroxyl groups is 1. The lowest BCUT2D eigenvalue weighted by molar-refractivity contribution is -0.0964. The Kier molecular flexibility index (Phi) is 5.38. The van der Waals surface area contributed by atoms with Crippen LogP contribution in [0.25, 0.3) is 0 Å². The third kappa shape index (κ3) is 6.05. The average molecular weight is 291 g/mol. The van der Waals surface area contributed by atoms with Gasteiger partial charge in [-0.3, -0.25) is 0 Å². The van der Waals surface area contributed by atoms with E-state index in [1.807, 2.05) is 0 Å². The number of likely N-dealkylation sites (tertiary alicyclic amines) is 1. The van der Waals surface area contributed by atoms with Gasteiger partial charge in [-0.1, -0.05) is 0 Å². The Balaban J connectivity index is 2.45. The molecule has 1 amide bonds. The topological polar surface area (TPSA) is 59.0 Å². The molecule has 0 aromatic rings. The third-order valence-corrected chi connectivity index (χ3v) is 2.78. The molecule has 118 valence electrons. The predicted octanol–water partition coefficient (Wildman–Crippen LogP) is 2.12. The van der Waals surface area contributed by atoms with Gasteiger partial charge in [0.1, 0.15) is 11.8 Å². The molecule has 1 aliphatic rings. The van der Waals surface area contributed by atoms with E-state index in [0.29, 0.717) is 13.0 Å². The zero-order valence-corrected chi connectivity index (χ0v) is 13.0. The zero-order chi connectivity index (χ0) is 15.6. The van der Waals surface area contributed by atoms with Gasteiger partial charge in [0.15, 0.2) is 0 Å². The molecule has 0 saturated carbocycles. The van der Waals surface area contributed by atoms with E-state index in [2.05, 4.69) is 0 Å². The highest BCUT2D eigenvalue weighted by molar-refractivity contribution is 5.68. The van der Waals surface area contributed by atoms with Crippen molar-refractivity contribution in [3.05, 3.63) is 0 Å². The molecule has 0 aliphatic carbocycles. The van der Waals surface area contributed by atoms with Gasteiger partial charge >= 0.3 is 6.09 Å². The molecule has 5 nitrogen and oxygen atoms in total. The first-order valence-electron chi connectivity index (χ1n) is 6.94. The summed E-state index contributed by atoms with van der Waals surface area (Å²) in [5, 5.41) is 9.57. The number of piperidine rings is 1. The van der Waals surface area contributed by atoms with Crippen molar-refractivity contribution in [3.63, 3.8) is 0 Å². The van der Waals surface area contributed by atoms with Gasteiger partial charge in [0, 0.05) is 6.54 Å². The molecule has 1 aliphatic heterocycles. The molecule has 0 unspecified atom stereocenters. The number of carbonyl (C=O) groups is 1. The number of amides is 1. The van der Waals surface area contributed by atoms with Crippen molar-refractivity contribution < 1.29 is 23.8 Å². The number of hydrogen-bond acceptors (Lipinski definition) is 4. The molecule has 0 aromatic heterocycles. The van der Waals surface area contributed by atoms with Crippen molar-refractivity contribution in [1.29, 1.82) is 0 Å². The molecule has 0 bridgehead atoms. The van der Waals surface area contributed by atoms with Crippen LogP contribution in [-0.4, -0.2) is 59.3 Å². The summed E-state index contributed by atoms with van der Waals surface area (Å²) < 4.78 is 24.6. The second-order valence-electron chi connectivity index (χ2n) is 6.89. The van der Waals surface area contributed by atoms with Crippen LogP contribution in [0.4, 0.5) is 9.18 Å². The maximum Gasteiger partial charge on any atom is 0.410 e. The van der Waals surface area contributed by atoms with E-state index in [9.17, 15) is 14.3 Å². The highest BCUT2D eigenvalue weighted by atomic mass is 19.1. The molecule has 0 radical (unpaired) electrons. The lowest BCUT2D eigenvalue weighted by atomic mass is 10.1. The van der Waals surface area contributed by atoms with Crippen LogP contribution in [0.3, 0.4) is 0 Å². The Morgan fingerprint density at radius 3 is 2.40 bits per heavy atom. The molecule has 2 atom stereocenters. The minimum atomic E-state index is -1.27. The van der Waals surface area contributed by atoms with Crippen molar-refractivity contribution >= 4 is 6.09 Å². The smallest absolute Gasteiger partial charge is 0.410 e. The number of alkyl halides is 1. The van der Waals surface area contributed by atoms with Crippen LogP contribution in [-0.2, 0) is 9.47 Å². The van der Waals surface area contributed by atoms with Crippen molar-refractivity contribution in [2.24, 2.45) is 0 Å². The number of rotatable bonds is 3. The van der Waals surface area contributed by atoms with Gasteiger partial charge in [-0.05, 0) is 41.0 Å². The first kappa shape index (κ1) is 17.2. The molecule has 0 spiro atoms. The lowest BCUT2D eigenvalue weighted by Gasteiger charge is -2.36. The van der Waals surface area contributed by atoms with Gasteiger partial charge in [0.05, 0.1) is 24.9 Å². The lowest BCUT2D eigenvalue weighted by Crippen LogP contribution is -2.50. The summed E-state index contributed by atoms with van der Waals surface area (Å²) in [6.45, 7) is 8.97. The summed E-state index contributed by atoms with van der Waals surface area (Å²) in [5.74, 6) is 0. The van der Waals surface area contributed by atoms with Crippen LogP contribution in [0, 0.1) is 0 Å². The number of ether oxygens (including phenoxy) is 2. The summed E-state index contributed by atoms with van der Waals surface area (Å²) in [5.41, 5.74) is -1.57. The fourth-order valence-electron chi connectivity index (χ4n) is 1.87. The van der Waals surface area contributed by atoms with Crippen molar-refractivity contribution in [2.45, 2.75) is 64.5 Å². The van der Waals surface area contributed by atoms with Crippen LogP contribution in [0.2, 0.25) is 0 Å². The molecule has 1 N–H and O–H groups in total. The highest BCUT2D eigenvalue weighted by Gasteiger charge is 2.34. The fourth-order valence-corrected chi connectivity index (χ4v) is 1.87. The van der Waals surface area contributed by atoms with E-state index in [1.54, 1.807) is 34.6 Å². The summed E-state index contributed by atoms with van der Waals surface area (Å²) in [6.07, 6.45) is -1.95. The fraction of sp³-hybridized carbons (Fsp3) is 0.929. The van der Waals surface area contributed by atoms with Gasteiger partial charge in [-0.15, -0.1) is 0 Å². The second kappa shape index (κ2) is 6.26. The van der Waals surface area contributed by atoms with Gasteiger partial charge < -0.3 is 19.5 Å². The molecule has 1 saturated heterocycles. The van der Waals surface area contributed by atoms with Gasteiger partial charge in [0.2, 0.25) is 0 Å². The summed E-state index contributed by atoms with van der Waals surface area (Å²) >= 11 is 0. The van der Waals surface area contributed by atoms with E-state index < -0.39 is 29.6 Å². The number of hydrogen-bond donors (Lipinski definition) is 1. The Labute approximate surface area is 120 Å². The van der Waals surface area contributed by atoms with E-state index in [1.165, 1.54) is 4.90 Å². The van der Waals surface area contributed by atoms with Crippen LogP contribution >= 0.6 is 0 Å². The van der Waals surface area contributed by atoms with E-state index in [-0.39, 0.29) is 13.2 Å². The summed E-state index contributed by atoms with van der Waals surface area (Å²) in [7, 11) is 0. The van der Waals surface area contributed by atoms with Crippen LogP contribution in [0.5, 0.6) is 0 Å². The van der Waals surface area contributed by atoms with E-state index in [0.717, 1.165) is 0 Å².